The van der Waals surface area contributed by atoms with Gasteiger partial charge in [-0.1, -0.05) is 27.7 Å². The van der Waals surface area contributed by atoms with E-state index in [0.717, 1.165) is 32.0 Å². The molecule has 0 aromatic carbocycles. The van der Waals surface area contributed by atoms with Crippen LogP contribution in [-0.2, 0) is 13.1 Å². The molecule has 20 heavy (non-hydrogen) atoms. The van der Waals surface area contributed by atoms with Gasteiger partial charge < -0.3 is 5.32 Å². The summed E-state index contributed by atoms with van der Waals surface area (Å²) in [7, 11) is 0. The minimum atomic E-state index is 0.550. The largest absolute Gasteiger partial charge is 0.311 e. The average molecular weight is 279 g/mol. The fraction of sp³-hybridized carbons (Fsp3) is 0.867. The highest BCUT2D eigenvalue weighted by molar-refractivity contribution is 4.91. The Morgan fingerprint density at radius 1 is 1.35 bits per heavy atom. The Morgan fingerprint density at radius 3 is 2.75 bits per heavy atom. The number of nitrogens with one attached hydrogen (secondary N) is 1. The van der Waals surface area contributed by atoms with Gasteiger partial charge in [0.25, 0.3) is 0 Å². The molecule has 0 bridgehead atoms. The van der Waals surface area contributed by atoms with Crippen LogP contribution in [0.3, 0.4) is 0 Å². The quantitative estimate of drug-likeness (QED) is 0.892. The number of aromatic nitrogens is 3. The van der Waals surface area contributed by atoms with Crippen LogP contribution < -0.4 is 5.32 Å². The van der Waals surface area contributed by atoms with E-state index in [1.54, 1.807) is 6.33 Å². The summed E-state index contributed by atoms with van der Waals surface area (Å²) >= 11 is 0. The van der Waals surface area contributed by atoms with Gasteiger partial charge in [-0.15, -0.1) is 0 Å². The molecule has 114 valence electrons. The minimum Gasteiger partial charge on any atom is -0.311 e. The van der Waals surface area contributed by atoms with Crippen molar-refractivity contribution < 1.29 is 0 Å². The lowest BCUT2D eigenvalue weighted by Crippen LogP contribution is -2.56. The Hall–Kier alpha value is -0.940. The van der Waals surface area contributed by atoms with E-state index in [1.807, 2.05) is 0 Å². The van der Waals surface area contributed by atoms with Gasteiger partial charge in [0.15, 0.2) is 0 Å². The number of piperazine rings is 1. The maximum atomic E-state index is 4.46. The van der Waals surface area contributed by atoms with E-state index in [4.69, 9.17) is 0 Å². The molecule has 2 rings (SSSR count). The maximum absolute atomic E-state index is 4.46. The van der Waals surface area contributed by atoms with Crippen molar-refractivity contribution >= 4 is 0 Å². The zero-order chi connectivity index (χ0) is 14.7. The number of rotatable bonds is 5. The van der Waals surface area contributed by atoms with E-state index in [9.17, 15) is 0 Å². The van der Waals surface area contributed by atoms with Gasteiger partial charge in [-0.25, -0.2) is 9.67 Å². The van der Waals surface area contributed by atoms with Crippen molar-refractivity contribution in [1.82, 2.24) is 25.0 Å². The predicted octanol–water partition coefficient (Wildman–Crippen LogP) is 1.75. The van der Waals surface area contributed by atoms with Crippen LogP contribution in [0.4, 0.5) is 0 Å². The number of hydrogen-bond donors (Lipinski definition) is 1. The van der Waals surface area contributed by atoms with E-state index in [-0.39, 0.29) is 0 Å². The van der Waals surface area contributed by atoms with Crippen LogP contribution >= 0.6 is 0 Å². The summed E-state index contributed by atoms with van der Waals surface area (Å²) in [5, 5.41) is 8.00. The Bertz CT molecular complexity index is 412. The van der Waals surface area contributed by atoms with Crippen LogP contribution in [0.2, 0.25) is 0 Å². The Kier molecular flexibility index (Phi) is 5.16. The van der Waals surface area contributed by atoms with Crippen LogP contribution in [0.5, 0.6) is 0 Å². The van der Waals surface area contributed by atoms with Crippen molar-refractivity contribution in [2.24, 2.45) is 11.8 Å². The van der Waals surface area contributed by atoms with Gasteiger partial charge in [-0.05, 0) is 18.8 Å². The van der Waals surface area contributed by atoms with Crippen molar-refractivity contribution in [1.29, 1.82) is 0 Å². The second-order valence-corrected chi connectivity index (χ2v) is 6.79. The van der Waals surface area contributed by atoms with Gasteiger partial charge in [0, 0.05) is 31.7 Å². The molecule has 1 aromatic rings. The molecule has 2 unspecified atom stereocenters. The van der Waals surface area contributed by atoms with Crippen molar-refractivity contribution in [2.75, 3.05) is 13.1 Å². The Labute approximate surface area is 122 Å². The minimum absolute atomic E-state index is 0.550. The second-order valence-electron chi connectivity index (χ2n) is 6.79. The highest BCUT2D eigenvalue weighted by Gasteiger charge is 2.27. The molecule has 0 aliphatic carbocycles. The molecule has 1 aromatic heterocycles. The molecule has 1 saturated heterocycles. The van der Waals surface area contributed by atoms with Crippen LogP contribution in [0.15, 0.2) is 6.33 Å². The van der Waals surface area contributed by atoms with E-state index in [1.165, 1.54) is 0 Å². The first-order valence-corrected chi connectivity index (χ1v) is 7.81. The van der Waals surface area contributed by atoms with Crippen molar-refractivity contribution in [2.45, 2.75) is 59.8 Å². The predicted molar refractivity (Wildman–Crippen MR) is 81.4 cm³/mol. The van der Waals surface area contributed by atoms with Crippen LogP contribution in [0, 0.1) is 11.8 Å². The molecule has 0 amide bonds. The summed E-state index contributed by atoms with van der Waals surface area (Å²) in [6.45, 7) is 15.3. The van der Waals surface area contributed by atoms with Crippen molar-refractivity contribution in [3.05, 3.63) is 12.2 Å². The molecule has 5 heteroatoms. The first kappa shape index (κ1) is 15.4. The highest BCUT2D eigenvalue weighted by Crippen LogP contribution is 2.15. The van der Waals surface area contributed by atoms with Gasteiger partial charge >= 0.3 is 0 Å². The Morgan fingerprint density at radius 2 is 2.10 bits per heavy atom. The molecule has 0 radical (unpaired) electrons. The fourth-order valence-corrected chi connectivity index (χ4v) is 2.71. The second kappa shape index (κ2) is 6.68. The molecule has 1 fully saturated rings. The topological polar surface area (TPSA) is 46.0 Å². The number of nitrogens with zero attached hydrogens (tertiary/aromatic N) is 4. The summed E-state index contributed by atoms with van der Waals surface area (Å²) < 4.78 is 2.06. The standard InChI is InChI=1S/C15H29N5/c1-11(2)7-20-15(17-10-18-20)9-19-8-14(12(3)4)16-6-13(19)5/h10-14,16H,6-9H2,1-5H3. The molecular formula is C15H29N5. The third kappa shape index (κ3) is 3.79. The van der Waals surface area contributed by atoms with E-state index in [0.29, 0.717) is 23.9 Å². The fourth-order valence-electron chi connectivity index (χ4n) is 2.71. The first-order chi connectivity index (χ1) is 9.47. The molecule has 1 aliphatic rings. The van der Waals surface area contributed by atoms with Crippen molar-refractivity contribution in [3.63, 3.8) is 0 Å². The zero-order valence-electron chi connectivity index (χ0n) is 13.5. The molecule has 1 aliphatic heterocycles. The third-order valence-electron chi connectivity index (χ3n) is 4.11. The molecule has 1 N–H and O–H groups in total. The monoisotopic (exact) mass is 279 g/mol. The SMILES string of the molecule is CC(C)Cn1ncnc1CN1CC(C(C)C)NCC1C. The molecular weight excluding hydrogens is 250 g/mol. The average Bonchev–Trinajstić information content (AvgIpc) is 2.78. The maximum Gasteiger partial charge on any atom is 0.141 e. The molecule has 5 nitrogen and oxygen atoms in total. The smallest absolute Gasteiger partial charge is 0.141 e. The van der Waals surface area contributed by atoms with Crippen LogP contribution in [0.1, 0.15) is 40.4 Å². The lowest BCUT2D eigenvalue weighted by atomic mass is 10.00. The lowest BCUT2D eigenvalue weighted by Gasteiger charge is -2.40. The van der Waals surface area contributed by atoms with Gasteiger partial charge in [0.1, 0.15) is 12.2 Å². The Balaban J connectivity index is 2.02. The summed E-state index contributed by atoms with van der Waals surface area (Å²) in [6.07, 6.45) is 1.69. The van der Waals surface area contributed by atoms with E-state index in [2.05, 4.69) is 59.6 Å². The number of hydrogen-bond acceptors (Lipinski definition) is 4. The molecule has 2 heterocycles. The van der Waals surface area contributed by atoms with Gasteiger partial charge in [0.2, 0.25) is 0 Å². The summed E-state index contributed by atoms with van der Waals surface area (Å²) in [6, 6.07) is 1.13. The molecule has 0 saturated carbocycles. The summed E-state index contributed by atoms with van der Waals surface area (Å²) in [5.41, 5.74) is 0. The van der Waals surface area contributed by atoms with Crippen LogP contribution in [0.25, 0.3) is 0 Å². The van der Waals surface area contributed by atoms with Gasteiger partial charge in [0.05, 0.1) is 6.54 Å². The molecule has 2 atom stereocenters. The first-order valence-electron chi connectivity index (χ1n) is 7.81. The van der Waals surface area contributed by atoms with Crippen LogP contribution in [-0.4, -0.2) is 44.8 Å². The summed E-state index contributed by atoms with van der Waals surface area (Å²) in [4.78, 5) is 6.99. The van der Waals surface area contributed by atoms with E-state index >= 15 is 0 Å². The van der Waals surface area contributed by atoms with Gasteiger partial charge in [-0.2, -0.15) is 5.10 Å². The zero-order valence-corrected chi connectivity index (χ0v) is 13.5. The van der Waals surface area contributed by atoms with E-state index < -0.39 is 0 Å². The lowest BCUT2D eigenvalue weighted by molar-refractivity contribution is 0.111. The van der Waals surface area contributed by atoms with Crippen molar-refractivity contribution in [3.8, 4) is 0 Å². The highest BCUT2D eigenvalue weighted by atomic mass is 15.4. The third-order valence-corrected chi connectivity index (χ3v) is 4.11. The normalized spacial score (nSPS) is 24.8. The summed E-state index contributed by atoms with van der Waals surface area (Å²) in [5.74, 6) is 2.35. The van der Waals surface area contributed by atoms with Gasteiger partial charge in [-0.3, -0.25) is 4.90 Å². The molecule has 0 spiro atoms.